The molecule has 1 heterocycles. The molecule has 1 aliphatic heterocycles. The predicted octanol–water partition coefficient (Wildman–Crippen LogP) is 2.17. The van der Waals surface area contributed by atoms with Gasteiger partial charge in [0.05, 0.1) is 13.7 Å². The fourth-order valence-electron chi connectivity index (χ4n) is 1.81. The molecule has 0 fully saturated rings. The molecule has 0 spiro atoms. The van der Waals surface area contributed by atoms with Gasteiger partial charge in [0.2, 0.25) is 0 Å². The van der Waals surface area contributed by atoms with Crippen molar-refractivity contribution in [3.63, 3.8) is 0 Å². The van der Waals surface area contributed by atoms with Crippen LogP contribution in [0.3, 0.4) is 0 Å². The molecule has 0 radical (unpaired) electrons. The molecule has 1 aliphatic rings. The van der Waals surface area contributed by atoms with Crippen LogP contribution in [0.4, 0.5) is 0 Å². The zero-order chi connectivity index (χ0) is 10.8. The maximum Gasteiger partial charge on any atom is 0.127 e. The van der Waals surface area contributed by atoms with Crippen molar-refractivity contribution in [2.45, 2.75) is 13.3 Å². The highest BCUT2D eigenvalue weighted by atomic mass is 16.5. The van der Waals surface area contributed by atoms with Crippen LogP contribution >= 0.6 is 0 Å². The number of fused-ring (bicyclic) bond motifs is 1. The van der Waals surface area contributed by atoms with Crippen LogP contribution in [0.15, 0.2) is 23.9 Å². The summed E-state index contributed by atoms with van der Waals surface area (Å²) in [6.07, 6.45) is 0.864. The van der Waals surface area contributed by atoms with E-state index >= 15 is 0 Å². The first-order valence-electron chi connectivity index (χ1n) is 4.99. The third-order valence-corrected chi connectivity index (χ3v) is 2.60. The van der Waals surface area contributed by atoms with Gasteiger partial charge in [-0.05, 0) is 30.7 Å². The Morgan fingerprint density at radius 2 is 2.27 bits per heavy atom. The molecule has 0 bridgehead atoms. The van der Waals surface area contributed by atoms with Crippen LogP contribution in [0.5, 0.6) is 11.5 Å². The lowest BCUT2D eigenvalue weighted by Crippen LogP contribution is -2.11. The molecule has 3 heteroatoms. The number of methoxy groups -OCH3 is 1. The van der Waals surface area contributed by atoms with Crippen LogP contribution in [0, 0.1) is 0 Å². The highest BCUT2D eigenvalue weighted by Crippen LogP contribution is 2.36. The average molecular weight is 205 g/mol. The van der Waals surface area contributed by atoms with E-state index in [0.29, 0.717) is 6.61 Å². The zero-order valence-corrected chi connectivity index (χ0v) is 9.04. The van der Waals surface area contributed by atoms with Crippen LogP contribution in [0.1, 0.15) is 18.9 Å². The molecular weight excluding hydrogens is 190 g/mol. The Bertz CT molecular complexity index is 406. The van der Waals surface area contributed by atoms with E-state index in [0.717, 1.165) is 34.8 Å². The van der Waals surface area contributed by atoms with Gasteiger partial charge in [0, 0.05) is 17.7 Å². The first-order chi connectivity index (χ1) is 7.22. The summed E-state index contributed by atoms with van der Waals surface area (Å²) in [5, 5.41) is 0. The van der Waals surface area contributed by atoms with E-state index in [2.05, 4.69) is 0 Å². The third-order valence-electron chi connectivity index (χ3n) is 2.60. The fourth-order valence-corrected chi connectivity index (χ4v) is 1.81. The summed E-state index contributed by atoms with van der Waals surface area (Å²) >= 11 is 0. The summed E-state index contributed by atoms with van der Waals surface area (Å²) in [7, 11) is 1.66. The van der Waals surface area contributed by atoms with Crippen molar-refractivity contribution in [3.8, 4) is 11.5 Å². The van der Waals surface area contributed by atoms with Crippen molar-refractivity contribution >= 4 is 5.57 Å². The van der Waals surface area contributed by atoms with E-state index < -0.39 is 0 Å². The molecule has 80 valence electrons. The average Bonchev–Trinajstić information content (AvgIpc) is 2.27. The topological polar surface area (TPSA) is 44.5 Å². The predicted molar refractivity (Wildman–Crippen MR) is 59.9 cm³/mol. The third kappa shape index (κ3) is 1.77. The summed E-state index contributed by atoms with van der Waals surface area (Å²) in [6, 6.07) is 5.80. The van der Waals surface area contributed by atoms with Gasteiger partial charge in [0.25, 0.3) is 0 Å². The smallest absolute Gasteiger partial charge is 0.127 e. The van der Waals surface area contributed by atoms with Gasteiger partial charge in [-0.3, -0.25) is 0 Å². The number of rotatable bonds is 1. The van der Waals surface area contributed by atoms with Crippen LogP contribution in [0.25, 0.3) is 5.57 Å². The van der Waals surface area contributed by atoms with Gasteiger partial charge in [-0.15, -0.1) is 0 Å². The minimum absolute atomic E-state index is 0.698. The number of hydrogen-bond donors (Lipinski definition) is 1. The molecule has 2 rings (SSSR count). The number of benzene rings is 1. The molecule has 0 saturated carbocycles. The normalized spacial score (nSPS) is 17.7. The Morgan fingerprint density at radius 1 is 1.47 bits per heavy atom. The number of ether oxygens (including phenoxy) is 2. The Hall–Kier alpha value is -1.64. The second-order valence-corrected chi connectivity index (χ2v) is 3.62. The molecule has 15 heavy (non-hydrogen) atoms. The first kappa shape index (κ1) is 9.90. The quantitative estimate of drug-likeness (QED) is 0.764. The van der Waals surface area contributed by atoms with E-state index in [9.17, 15) is 0 Å². The molecule has 3 nitrogen and oxygen atoms in total. The molecule has 0 unspecified atom stereocenters. The Morgan fingerprint density at radius 3 is 2.93 bits per heavy atom. The Balaban J connectivity index is 2.54. The minimum Gasteiger partial charge on any atom is -0.497 e. The molecule has 0 aromatic heterocycles. The second kappa shape index (κ2) is 3.85. The molecule has 1 aromatic rings. The number of nitrogens with two attached hydrogens (primary N) is 1. The lowest BCUT2D eigenvalue weighted by atomic mass is 9.98. The van der Waals surface area contributed by atoms with Crippen molar-refractivity contribution in [2.75, 3.05) is 13.7 Å². The van der Waals surface area contributed by atoms with E-state index in [1.165, 1.54) is 0 Å². The van der Waals surface area contributed by atoms with E-state index in [-0.39, 0.29) is 0 Å². The fraction of sp³-hybridized carbons (Fsp3) is 0.333. The molecule has 0 amide bonds. The van der Waals surface area contributed by atoms with Crippen molar-refractivity contribution in [2.24, 2.45) is 5.73 Å². The van der Waals surface area contributed by atoms with Gasteiger partial charge in [-0.25, -0.2) is 0 Å². The summed E-state index contributed by atoms with van der Waals surface area (Å²) in [4.78, 5) is 0. The molecule has 2 N–H and O–H groups in total. The molecule has 0 aliphatic carbocycles. The summed E-state index contributed by atoms with van der Waals surface area (Å²) < 4.78 is 10.7. The zero-order valence-electron chi connectivity index (χ0n) is 9.04. The van der Waals surface area contributed by atoms with Gasteiger partial charge in [0.1, 0.15) is 11.5 Å². The summed E-state index contributed by atoms with van der Waals surface area (Å²) in [6.45, 7) is 2.62. The van der Waals surface area contributed by atoms with Crippen LogP contribution in [0.2, 0.25) is 0 Å². The van der Waals surface area contributed by atoms with Crippen molar-refractivity contribution in [3.05, 3.63) is 29.5 Å². The van der Waals surface area contributed by atoms with Gasteiger partial charge in [-0.1, -0.05) is 0 Å². The van der Waals surface area contributed by atoms with Gasteiger partial charge in [-0.2, -0.15) is 0 Å². The lowest BCUT2D eigenvalue weighted by Gasteiger charge is -2.21. The molecular formula is C12H15NO2. The molecule has 0 atom stereocenters. The van der Waals surface area contributed by atoms with Crippen LogP contribution in [-0.2, 0) is 0 Å². The molecule has 0 saturated heterocycles. The Labute approximate surface area is 89.5 Å². The van der Waals surface area contributed by atoms with E-state index in [1.807, 2.05) is 25.1 Å². The van der Waals surface area contributed by atoms with Crippen LogP contribution in [-0.4, -0.2) is 13.7 Å². The summed E-state index contributed by atoms with van der Waals surface area (Å²) in [5.41, 5.74) is 8.93. The van der Waals surface area contributed by atoms with Crippen molar-refractivity contribution < 1.29 is 9.47 Å². The van der Waals surface area contributed by atoms with Crippen molar-refractivity contribution in [1.29, 1.82) is 0 Å². The maximum atomic E-state index is 5.86. The van der Waals surface area contributed by atoms with Crippen molar-refractivity contribution in [1.82, 2.24) is 0 Å². The number of hydrogen-bond acceptors (Lipinski definition) is 3. The van der Waals surface area contributed by atoms with E-state index in [4.69, 9.17) is 15.2 Å². The monoisotopic (exact) mass is 205 g/mol. The Kier molecular flexibility index (Phi) is 2.54. The highest BCUT2D eigenvalue weighted by molar-refractivity contribution is 5.74. The maximum absolute atomic E-state index is 5.86. The van der Waals surface area contributed by atoms with Gasteiger partial charge < -0.3 is 15.2 Å². The standard InChI is InChI=1S/C12H15NO2/c1-8(13)10-5-6-15-12-4-3-9(14-2)7-11(10)12/h3-4,7H,5-6,13H2,1-2H3/b10-8-. The van der Waals surface area contributed by atoms with Crippen LogP contribution < -0.4 is 15.2 Å². The van der Waals surface area contributed by atoms with Gasteiger partial charge in [0.15, 0.2) is 0 Å². The number of allylic oxidation sites excluding steroid dienone is 1. The SMILES string of the molecule is COc1ccc2c(c1)/C(=C(/C)N)CCO2. The largest absolute Gasteiger partial charge is 0.497 e. The van der Waals surface area contributed by atoms with Gasteiger partial charge >= 0.3 is 0 Å². The molecule has 1 aromatic carbocycles. The summed E-state index contributed by atoms with van der Waals surface area (Å²) in [5.74, 6) is 1.72. The second-order valence-electron chi connectivity index (χ2n) is 3.62. The lowest BCUT2D eigenvalue weighted by molar-refractivity contribution is 0.315. The minimum atomic E-state index is 0.698. The van der Waals surface area contributed by atoms with E-state index in [1.54, 1.807) is 7.11 Å². The first-order valence-corrected chi connectivity index (χ1v) is 4.99. The highest BCUT2D eigenvalue weighted by Gasteiger charge is 2.17.